The van der Waals surface area contributed by atoms with E-state index in [4.69, 9.17) is 4.74 Å². The Morgan fingerprint density at radius 3 is 2.57 bits per heavy atom. The van der Waals surface area contributed by atoms with Crippen LogP contribution in [0.15, 0.2) is 24.3 Å². The van der Waals surface area contributed by atoms with Gasteiger partial charge in [0.15, 0.2) is 0 Å². The van der Waals surface area contributed by atoms with Crippen LogP contribution in [0, 0.1) is 0 Å². The molecular formula is C13H21N3O4S. The first-order valence-electron chi connectivity index (χ1n) is 6.42. The first-order valence-corrected chi connectivity index (χ1v) is 7.86. The molecule has 1 aromatic carbocycles. The SMILES string of the molecule is COc1ccccc1CCNC(=O)CNS(=O)(=O)N(C)C. The normalized spacial score (nSPS) is 11.4. The summed E-state index contributed by atoms with van der Waals surface area (Å²) < 4.78 is 31.3. The van der Waals surface area contributed by atoms with Gasteiger partial charge in [0.2, 0.25) is 5.91 Å². The van der Waals surface area contributed by atoms with E-state index in [1.165, 1.54) is 14.1 Å². The van der Waals surface area contributed by atoms with Gasteiger partial charge in [-0.15, -0.1) is 0 Å². The molecule has 21 heavy (non-hydrogen) atoms. The third kappa shape index (κ3) is 5.70. The van der Waals surface area contributed by atoms with Crippen molar-refractivity contribution in [3.63, 3.8) is 0 Å². The molecule has 0 fully saturated rings. The fourth-order valence-electron chi connectivity index (χ4n) is 1.59. The molecule has 0 aliphatic rings. The van der Waals surface area contributed by atoms with Crippen molar-refractivity contribution in [3.8, 4) is 5.75 Å². The van der Waals surface area contributed by atoms with Crippen LogP contribution in [0.25, 0.3) is 0 Å². The Kier molecular flexibility index (Phi) is 6.60. The summed E-state index contributed by atoms with van der Waals surface area (Å²) in [4.78, 5) is 11.6. The highest BCUT2D eigenvalue weighted by atomic mass is 32.2. The van der Waals surface area contributed by atoms with Gasteiger partial charge in [-0.3, -0.25) is 4.79 Å². The number of nitrogens with zero attached hydrogens (tertiary/aromatic N) is 1. The van der Waals surface area contributed by atoms with Gasteiger partial charge < -0.3 is 10.1 Å². The minimum Gasteiger partial charge on any atom is -0.496 e. The summed E-state index contributed by atoms with van der Waals surface area (Å²) in [6.07, 6.45) is 0.607. The molecule has 7 nitrogen and oxygen atoms in total. The van der Waals surface area contributed by atoms with Gasteiger partial charge in [0.25, 0.3) is 10.2 Å². The molecule has 0 atom stereocenters. The molecule has 0 aliphatic carbocycles. The van der Waals surface area contributed by atoms with Gasteiger partial charge in [-0.1, -0.05) is 18.2 Å². The van der Waals surface area contributed by atoms with E-state index in [9.17, 15) is 13.2 Å². The summed E-state index contributed by atoms with van der Waals surface area (Å²) in [5.41, 5.74) is 0.981. The van der Waals surface area contributed by atoms with Crippen molar-refractivity contribution in [1.29, 1.82) is 0 Å². The van der Waals surface area contributed by atoms with E-state index in [2.05, 4.69) is 10.0 Å². The number of hydrogen-bond donors (Lipinski definition) is 2. The van der Waals surface area contributed by atoms with Gasteiger partial charge in [-0.2, -0.15) is 17.4 Å². The van der Waals surface area contributed by atoms with Crippen molar-refractivity contribution >= 4 is 16.1 Å². The molecule has 0 radical (unpaired) electrons. The van der Waals surface area contributed by atoms with E-state index < -0.39 is 10.2 Å². The molecule has 0 spiro atoms. The highest BCUT2D eigenvalue weighted by Crippen LogP contribution is 2.17. The molecule has 0 bridgehead atoms. The molecule has 1 rings (SSSR count). The first-order chi connectivity index (χ1) is 9.86. The molecule has 0 aliphatic heterocycles. The van der Waals surface area contributed by atoms with Crippen LogP contribution < -0.4 is 14.8 Å². The number of methoxy groups -OCH3 is 1. The van der Waals surface area contributed by atoms with Crippen LogP contribution >= 0.6 is 0 Å². The molecular weight excluding hydrogens is 294 g/mol. The predicted molar refractivity (Wildman–Crippen MR) is 80.3 cm³/mol. The zero-order valence-electron chi connectivity index (χ0n) is 12.4. The third-order valence-electron chi connectivity index (χ3n) is 2.80. The topological polar surface area (TPSA) is 87.7 Å². The summed E-state index contributed by atoms with van der Waals surface area (Å²) in [5.74, 6) is 0.385. The number of rotatable bonds is 8. The van der Waals surface area contributed by atoms with Crippen LogP contribution in [0.5, 0.6) is 5.75 Å². The fraction of sp³-hybridized carbons (Fsp3) is 0.462. The van der Waals surface area contributed by atoms with Gasteiger partial charge in [0.05, 0.1) is 13.7 Å². The second-order valence-corrected chi connectivity index (χ2v) is 6.49. The molecule has 8 heteroatoms. The van der Waals surface area contributed by atoms with Crippen molar-refractivity contribution in [2.24, 2.45) is 0 Å². The number of carbonyl (C=O) groups is 1. The lowest BCUT2D eigenvalue weighted by atomic mass is 10.1. The number of para-hydroxylation sites is 1. The second kappa shape index (κ2) is 7.96. The van der Waals surface area contributed by atoms with E-state index >= 15 is 0 Å². The van der Waals surface area contributed by atoms with Gasteiger partial charge in [0, 0.05) is 20.6 Å². The number of nitrogens with one attached hydrogen (secondary N) is 2. The van der Waals surface area contributed by atoms with Gasteiger partial charge in [0.1, 0.15) is 5.75 Å². The molecule has 1 amide bonds. The molecule has 0 saturated heterocycles. The van der Waals surface area contributed by atoms with Crippen molar-refractivity contribution in [2.45, 2.75) is 6.42 Å². The standard InChI is InChI=1S/C13H21N3O4S/c1-16(2)21(18,19)15-10-13(17)14-9-8-11-6-4-5-7-12(11)20-3/h4-7,15H,8-10H2,1-3H3,(H,14,17). The van der Waals surface area contributed by atoms with Gasteiger partial charge >= 0.3 is 0 Å². The quantitative estimate of drug-likeness (QED) is 0.692. The van der Waals surface area contributed by atoms with Crippen molar-refractivity contribution < 1.29 is 17.9 Å². The van der Waals surface area contributed by atoms with E-state index in [1.807, 2.05) is 24.3 Å². The minimum absolute atomic E-state index is 0.285. The molecule has 0 aromatic heterocycles. The zero-order chi connectivity index (χ0) is 15.9. The predicted octanol–water partition coefficient (Wildman–Crippen LogP) is -0.250. The maximum Gasteiger partial charge on any atom is 0.279 e. The van der Waals surface area contributed by atoms with Gasteiger partial charge in [-0.25, -0.2) is 0 Å². The summed E-state index contributed by atoms with van der Waals surface area (Å²) in [7, 11) is 0.794. The van der Waals surface area contributed by atoms with E-state index in [0.29, 0.717) is 13.0 Å². The smallest absolute Gasteiger partial charge is 0.279 e. The number of hydrogen-bond acceptors (Lipinski definition) is 4. The summed E-state index contributed by atoms with van der Waals surface area (Å²) in [6.45, 7) is 0.120. The molecule has 0 unspecified atom stereocenters. The molecule has 2 N–H and O–H groups in total. The van der Waals surface area contributed by atoms with Crippen molar-refractivity contribution in [3.05, 3.63) is 29.8 Å². The Morgan fingerprint density at radius 2 is 1.95 bits per heavy atom. The summed E-state index contributed by atoms with van der Waals surface area (Å²) in [6, 6.07) is 7.53. The Morgan fingerprint density at radius 1 is 1.29 bits per heavy atom. The number of ether oxygens (including phenoxy) is 1. The average Bonchev–Trinajstić information content (AvgIpc) is 2.45. The average molecular weight is 315 g/mol. The molecule has 1 aromatic rings. The first kappa shape index (κ1) is 17.4. The molecule has 0 saturated carbocycles. The summed E-state index contributed by atoms with van der Waals surface area (Å²) >= 11 is 0. The Labute approximate surface area is 125 Å². The lowest BCUT2D eigenvalue weighted by Crippen LogP contribution is -2.42. The molecule has 118 valence electrons. The summed E-state index contributed by atoms with van der Waals surface area (Å²) in [5, 5.41) is 2.65. The van der Waals surface area contributed by atoms with Crippen LogP contribution in [-0.2, 0) is 21.4 Å². The molecule has 0 heterocycles. The Balaban J connectivity index is 2.37. The minimum atomic E-state index is -3.58. The highest BCUT2D eigenvalue weighted by molar-refractivity contribution is 7.87. The van der Waals surface area contributed by atoms with E-state index in [0.717, 1.165) is 15.6 Å². The maximum absolute atomic E-state index is 11.6. The van der Waals surface area contributed by atoms with Crippen LogP contribution in [0.2, 0.25) is 0 Å². The number of amides is 1. The Bertz CT molecular complexity index is 573. The van der Waals surface area contributed by atoms with Crippen molar-refractivity contribution in [2.75, 3.05) is 34.3 Å². The number of carbonyl (C=O) groups excluding carboxylic acids is 1. The fourth-order valence-corrected chi connectivity index (χ4v) is 2.17. The van der Waals surface area contributed by atoms with E-state index in [1.54, 1.807) is 7.11 Å². The second-order valence-electron chi connectivity index (χ2n) is 4.52. The van der Waals surface area contributed by atoms with Crippen LogP contribution in [0.1, 0.15) is 5.56 Å². The van der Waals surface area contributed by atoms with Crippen molar-refractivity contribution in [1.82, 2.24) is 14.3 Å². The Hall–Kier alpha value is -1.64. The monoisotopic (exact) mass is 315 g/mol. The van der Waals surface area contributed by atoms with Crippen LogP contribution in [-0.4, -0.2) is 52.9 Å². The van der Waals surface area contributed by atoms with Gasteiger partial charge in [-0.05, 0) is 18.1 Å². The maximum atomic E-state index is 11.6. The van der Waals surface area contributed by atoms with Crippen LogP contribution in [0.3, 0.4) is 0 Å². The van der Waals surface area contributed by atoms with Crippen LogP contribution in [0.4, 0.5) is 0 Å². The lowest BCUT2D eigenvalue weighted by Gasteiger charge is -2.12. The highest BCUT2D eigenvalue weighted by Gasteiger charge is 2.14. The largest absolute Gasteiger partial charge is 0.496 e. The zero-order valence-corrected chi connectivity index (χ0v) is 13.2. The number of benzene rings is 1. The van der Waals surface area contributed by atoms with E-state index in [-0.39, 0.29) is 12.5 Å². The lowest BCUT2D eigenvalue weighted by molar-refractivity contribution is -0.119. The third-order valence-corrected chi connectivity index (χ3v) is 4.28.